The Morgan fingerprint density at radius 1 is 1.13 bits per heavy atom. The Balaban J connectivity index is 0.00000484. The summed E-state index contributed by atoms with van der Waals surface area (Å²) in [6, 6.07) is 0. The first kappa shape index (κ1) is 23.3. The van der Waals surface area contributed by atoms with Crippen LogP contribution in [-0.2, 0) is 15.6 Å². The van der Waals surface area contributed by atoms with Gasteiger partial charge in [0.1, 0.15) is 48.1 Å². The van der Waals surface area contributed by atoms with Gasteiger partial charge in [0.2, 0.25) is 0 Å². The van der Waals surface area contributed by atoms with Crippen molar-refractivity contribution in [2.45, 2.75) is 48.8 Å². The topological polar surface area (TPSA) is 151 Å². The van der Waals surface area contributed by atoms with Crippen LogP contribution in [0, 0.1) is 0 Å². The van der Waals surface area contributed by atoms with E-state index in [1.807, 2.05) is 0 Å². The Kier molecular flexibility index (Phi) is 11.2. The number of halogens is 1. The van der Waals surface area contributed by atoms with Crippen molar-refractivity contribution in [1.29, 1.82) is 0 Å². The van der Waals surface area contributed by atoms with Gasteiger partial charge in [0, 0.05) is 17.5 Å². The number of rotatable bonds is 9. The molecule has 0 spiro atoms. The first-order valence-electron chi connectivity index (χ1n) is 7.27. The number of ether oxygens (including phenoxy) is 1. The molecule has 140 valence electrons. The summed E-state index contributed by atoms with van der Waals surface area (Å²) in [5, 5.41) is 66.9. The summed E-state index contributed by atoms with van der Waals surface area (Å²) < 4.78 is 5.27. The highest BCUT2D eigenvalue weighted by Gasteiger charge is 2.51. The summed E-state index contributed by atoms with van der Waals surface area (Å²) in [4.78, 5) is 0. The zero-order valence-corrected chi connectivity index (χ0v) is 14.5. The molecule has 1 unspecified atom stereocenters. The van der Waals surface area contributed by atoms with E-state index in [9.17, 15) is 30.6 Å². The minimum Gasteiger partial charge on any atom is -1.00 e. The number of aliphatic hydroxyl groups is 7. The average molecular weight is 379 g/mol. The van der Waals surface area contributed by atoms with Crippen LogP contribution in [0.25, 0.3) is 0 Å². The molecule has 0 amide bonds. The van der Waals surface area contributed by atoms with Crippen molar-refractivity contribution in [1.82, 2.24) is 0 Å². The molecular weight excluding hydrogens is 352 g/mol. The third-order valence-corrected chi connectivity index (χ3v) is 6.63. The lowest BCUT2D eigenvalue weighted by Crippen LogP contribution is -3.00. The molecule has 23 heavy (non-hydrogen) atoms. The van der Waals surface area contributed by atoms with Crippen molar-refractivity contribution in [2.24, 2.45) is 0 Å². The molecule has 0 aromatic carbocycles. The monoisotopic (exact) mass is 378 g/mol. The molecule has 0 saturated carbocycles. The smallest absolute Gasteiger partial charge is 0.169 e. The molecule has 1 aliphatic rings. The SMILES string of the molecule is CCO[C@H]([C@H](O)[C@@H](O)CO)[C@H](O)C[S+]1C[C@@H](O)[C@H](O)[C@H]1CO.[Cl-]. The van der Waals surface area contributed by atoms with Gasteiger partial charge in [-0.2, -0.15) is 0 Å². The molecule has 0 aromatic heterocycles. The molecule has 1 rings (SSSR count). The zero-order valence-electron chi connectivity index (χ0n) is 12.9. The molecule has 1 aliphatic heterocycles. The van der Waals surface area contributed by atoms with Crippen LogP contribution in [0.5, 0.6) is 0 Å². The predicted molar refractivity (Wildman–Crippen MR) is 80.5 cm³/mol. The summed E-state index contributed by atoms with van der Waals surface area (Å²) in [5.41, 5.74) is 0. The van der Waals surface area contributed by atoms with E-state index < -0.39 is 59.4 Å². The number of hydrogen-bond donors (Lipinski definition) is 7. The van der Waals surface area contributed by atoms with Crippen LogP contribution < -0.4 is 12.4 Å². The fourth-order valence-electron chi connectivity index (χ4n) is 2.56. The molecule has 1 fully saturated rings. The molecule has 10 heteroatoms. The van der Waals surface area contributed by atoms with Crippen molar-refractivity contribution in [3.63, 3.8) is 0 Å². The van der Waals surface area contributed by atoms with Crippen LogP contribution in [-0.4, -0.2) is 109 Å². The minimum atomic E-state index is -1.46. The van der Waals surface area contributed by atoms with E-state index in [1.165, 1.54) is 0 Å². The van der Waals surface area contributed by atoms with Crippen molar-refractivity contribution < 1.29 is 52.9 Å². The zero-order chi connectivity index (χ0) is 16.9. The largest absolute Gasteiger partial charge is 1.00 e. The van der Waals surface area contributed by atoms with Crippen LogP contribution in [0.4, 0.5) is 0 Å². The van der Waals surface area contributed by atoms with Gasteiger partial charge in [0.05, 0.1) is 13.2 Å². The molecule has 7 N–H and O–H groups in total. The van der Waals surface area contributed by atoms with Gasteiger partial charge in [0.25, 0.3) is 0 Å². The van der Waals surface area contributed by atoms with Gasteiger partial charge < -0.3 is 52.9 Å². The molecule has 8 atom stereocenters. The predicted octanol–water partition coefficient (Wildman–Crippen LogP) is -6.81. The van der Waals surface area contributed by atoms with Gasteiger partial charge in [-0.3, -0.25) is 0 Å². The molecular formula is C13H27ClO8S. The van der Waals surface area contributed by atoms with Crippen LogP contribution in [0.15, 0.2) is 0 Å². The van der Waals surface area contributed by atoms with Crippen LogP contribution in [0.1, 0.15) is 6.92 Å². The standard InChI is InChI=1S/C13H27O8S.ClH/c1-2-21-13(12(20)7(16)3-14)9(18)6-22-5-8(17)11(19)10(22)4-15;/h7-20H,2-6H2,1H3;1H/q+1;/p-1/t7-,8+,9+,10+,11-,12+,13-,22?;/m0./s1. The second-order valence-corrected chi connectivity index (χ2v) is 7.72. The quantitative estimate of drug-likeness (QED) is 0.196. The third kappa shape index (κ3) is 5.96. The van der Waals surface area contributed by atoms with E-state index in [-0.39, 0.29) is 37.1 Å². The minimum absolute atomic E-state index is 0. The van der Waals surface area contributed by atoms with Gasteiger partial charge >= 0.3 is 0 Å². The summed E-state index contributed by atoms with van der Waals surface area (Å²) in [5.74, 6) is 0.361. The summed E-state index contributed by atoms with van der Waals surface area (Å²) in [7, 11) is -0.647. The fourth-order valence-corrected chi connectivity index (χ4v) is 5.24. The fraction of sp³-hybridized carbons (Fsp3) is 1.00. The second-order valence-electron chi connectivity index (χ2n) is 5.38. The molecule has 0 aromatic rings. The lowest BCUT2D eigenvalue weighted by molar-refractivity contribution is -0.134. The van der Waals surface area contributed by atoms with Crippen LogP contribution in [0.2, 0.25) is 0 Å². The molecule has 0 radical (unpaired) electrons. The first-order chi connectivity index (χ1) is 10.4. The highest BCUT2D eigenvalue weighted by molar-refractivity contribution is 7.97. The Morgan fingerprint density at radius 2 is 1.74 bits per heavy atom. The van der Waals surface area contributed by atoms with E-state index in [2.05, 4.69) is 0 Å². The maximum Gasteiger partial charge on any atom is 0.169 e. The molecule has 0 aliphatic carbocycles. The van der Waals surface area contributed by atoms with Crippen LogP contribution >= 0.6 is 0 Å². The lowest BCUT2D eigenvalue weighted by atomic mass is 10.0. The molecule has 8 nitrogen and oxygen atoms in total. The summed E-state index contributed by atoms with van der Waals surface area (Å²) in [6.45, 7) is 0.883. The lowest BCUT2D eigenvalue weighted by Gasteiger charge is -2.29. The maximum absolute atomic E-state index is 10.3. The van der Waals surface area contributed by atoms with Gasteiger partial charge in [-0.1, -0.05) is 0 Å². The van der Waals surface area contributed by atoms with E-state index >= 15 is 0 Å². The van der Waals surface area contributed by atoms with Gasteiger partial charge in [-0.15, -0.1) is 0 Å². The number of aliphatic hydroxyl groups excluding tert-OH is 7. The van der Waals surface area contributed by atoms with Gasteiger partial charge in [-0.25, -0.2) is 0 Å². The Hall–Kier alpha value is 0.320. The second kappa shape index (κ2) is 11.0. The third-order valence-electron chi connectivity index (χ3n) is 3.81. The average Bonchev–Trinajstić information content (AvgIpc) is 2.76. The highest BCUT2D eigenvalue weighted by atomic mass is 35.5. The molecule has 1 heterocycles. The highest BCUT2D eigenvalue weighted by Crippen LogP contribution is 2.26. The number of hydrogen-bond acceptors (Lipinski definition) is 8. The van der Waals surface area contributed by atoms with Gasteiger partial charge in [-0.05, 0) is 6.92 Å². The molecule has 0 bridgehead atoms. The normalized spacial score (nSPS) is 32.9. The Labute approximate surface area is 144 Å². The maximum atomic E-state index is 10.3. The van der Waals surface area contributed by atoms with E-state index in [4.69, 9.17) is 9.84 Å². The first-order valence-corrected chi connectivity index (χ1v) is 8.89. The van der Waals surface area contributed by atoms with Crippen molar-refractivity contribution in [3.05, 3.63) is 0 Å². The Bertz CT molecular complexity index is 326. The molecule has 1 saturated heterocycles. The van der Waals surface area contributed by atoms with Crippen LogP contribution in [0.3, 0.4) is 0 Å². The summed E-state index contributed by atoms with van der Waals surface area (Å²) in [6.07, 6.45) is -7.17. The van der Waals surface area contributed by atoms with Crippen molar-refractivity contribution >= 4 is 10.9 Å². The summed E-state index contributed by atoms with van der Waals surface area (Å²) >= 11 is 0. The van der Waals surface area contributed by atoms with E-state index in [0.717, 1.165) is 0 Å². The van der Waals surface area contributed by atoms with Gasteiger partial charge in [0.15, 0.2) is 5.25 Å². The van der Waals surface area contributed by atoms with E-state index in [1.54, 1.807) is 6.92 Å². The van der Waals surface area contributed by atoms with E-state index in [0.29, 0.717) is 0 Å². The Morgan fingerprint density at radius 3 is 2.22 bits per heavy atom. The van der Waals surface area contributed by atoms with Crippen molar-refractivity contribution in [3.8, 4) is 0 Å². The van der Waals surface area contributed by atoms with Crippen molar-refractivity contribution in [2.75, 3.05) is 31.3 Å².